The molecular formula is C20H27FN2O5. The van der Waals surface area contributed by atoms with E-state index in [1.165, 1.54) is 12.1 Å². The lowest BCUT2D eigenvalue weighted by Crippen LogP contribution is -2.36. The van der Waals surface area contributed by atoms with E-state index < -0.39 is 12.2 Å². The normalized spacial score (nSPS) is 11.2. The van der Waals surface area contributed by atoms with Gasteiger partial charge < -0.3 is 24.8 Å². The third-order valence-corrected chi connectivity index (χ3v) is 3.46. The van der Waals surface area contributed by atoms with Crippen LogP contribution in [-0.4, -0.2) is 51.0 Å². The first-order valence-corrected chi connectivity index (χ1v) is 8.84. The highest BCUT2D eigenvalue weighted by molar-refractivity contribution is 5.86. The SMILES string of the molecule is C=CC(=O)NCC(C)OC(=O)NCCOCCOc1cc(F)ccc1C(=C)C. The highest BCUT2D eigenvalue weighted by Gasteiger charge is 2.09. The predicted octanol–water partition coefficient (Wildman–Crippen LogP) is 2.67. The molecule has 1 aromatic carbocycles. The van der Waals surface area contributed by atoms with Gasteiger partial charge in [-0.05, 0) is 37.6 Å². The van der Waals surface area contributed by atoms with E-state index in [1.54, 1.807) is 13.0 Å². The van der Waals surface area contributed by atoms with Gasteiger partial charge in [0.25, 0.3) is 0 Å². The molecule has 0 saturated heterocycles. The Labute approximate surface area is 164 Å². The number of benzene rings is 1. The van der Waals surface area contributed by atoms with Gasteiger partial charge >= 0.3 is 6.09 Å². The lowest BCUT2D eigenvalue weighted by atomic mass is 10.1. The zero-order chi connectivity index (χ0) is 20.9. The van der Waals surface area contributed by atoms with Crippen molar-refractivity contribution in [2.75, 3.05) is 32.9 Å². The van der Waals surface area contributed by atoms with Crippen LogP contribution in [-0.2, 0) is 14.3 Å². The summed E-state index contributed by atoms with van der Waals surface area (Å²) < 4.78 is 29.3. The molecule has 2 amide bonds. The van der Waals surface area contributed by atoms with E-state index in [0.717, 1.165) is 17.2 Å². The second-order valence-corrected chi connectivity index (χ2v) is 5.97. The fraction of sp³-hybridized carbons (Fsp3) is 0.400. The summed E-state index contributed by atoms with van der Waals surface area (Å²) in [5, 5.41) is 5.06. The van der Waals surface area contributed by atoms with Crippen molar-refractivity contribution in [1.82, 2.24) is 10.6 Å². The molecule has 0 aliphatic rings. The fourth-order valence-corrected chi connectivity index (χ4v) is 2.09. The van der Waals surface area contributed by atoms with Crippen LogP contribution in [0, 0.1) is 5.82 Å². The van der Waals surface area contributed by atoms with E-state index in [4.69, 9.17) is 14.2 Å². The lowest BCUT2D eigenvalue weighted by Gasteiger charge is -2.14. The summed E-state index contributed by atoms with van der Waals surface area (Å²) >= 11 is 0. The van der Waals surface area contributed by atoms with Gasteiger partial charge in [0.2, 0.25) is 5.91 Å². The quantitative estimate of drug-likeness (QED) is 0.421. The van der Waals surface area contributed by atoms with E-state index in [2.05, 4.69) is 23.8 Å². The van der Waals surface area contributed by atoms with Crippen LogP contribution in [0.3, 0.4) is 0 Å². The zero-order valence-corrected chi connectivity index (χ0v) is 16.3. The zero-order valence-electron chi connectivity index (χ0n) is 16.3. The second kappa shape index (κ2) is 12.5. The summed E-state index contributed by atoms with van der Waals surface area (Å²) in [5.74, 6) is -0.308. The molecule has 0 aromatic heterocycles. The van der Waals surface area contributed by atoms with E-state index in [-0.39, 0.29) is 44.6 Å². The molecule has 0 bridgehead atoms. The molecule has 154 valence electrons. The predicted molar refractivity (Wildman–Crippen MR) is 105 cm³/mol. The van der Waals surface area contributed by atoms with Crippen LogP contribution in [0.1, 0.15) is 19.4 Å². The van der Waals surface area contributed by atoms with E-state index in [1.807, 2.05) is 6.92 Å². The number of carbonyl (C=O) groups is 2. The smallest absolute Gasteiger partial charge is 0.407 e. The molecule has 0 aliphatic heterocycles. The molecule has 7 nitrogen and oxygen atoms in total. The van der Waals surface area contributed by atoms with Crippen LogP contribution in [0.15, 0.2) is 37.4 Å². The average molecular weight is 394 g/mol. The molecular weight excluding hydrogens is 367 g/mol. The minimum atomic E-state index is -0.605. The number of halogens is 1. The van der Waals surface area contributed by atoms with Crippen LogP contribution in [0.4, 0.5) is 9.18 Å². The van der Waals surface area contributed by atoms with Crippen molar-refractivity contribution in [2.24, 2.45) is 0 Å². The summed E-state index contributed by atoms with van der Waals surface area (Å²) in [6.07, 6.45) is 0.0552. The monoisotopic (exact) mass is 394 g/mol. The van der Waals surface area contributed by atoms with Gasteiger partial charge in [0.1, 0.15) is 24.3 Å². The molecule has 0 spiro atoms. The van der Waals surface area contributed by atoms with Crippen LogP contribution in [0.5, 0.6) is 5.75 Å². The second-order valence-electron chi connectivity index (χ2n) is 5.97. The number of carbonyl (C=O) groups excluding carboxylic acids is 2. The first-order valence-electron chi connectivity index (χ1n) is 8.84. The number of alkyl carbamates (subject to hydrolysis) is 1. The van der Waals surface area contributed by atoms with E-state index >= 15 is 0 Å². The number of rotatable bonds is 12. The van der Waals surface area contributed by atoms with Gasteiger partial charge in [-0.2, -0.15) is 0 Å². The third-order valence-electron chi connectivity index (χ3n) is 3.46. The summed E-state index contributed by atoms with van der Waals surface area (Å²) in [5.41, 5.74) is 1.51. The molecule has 1 atom stereocenters. The summed E-state index contributed by atoms with van der Waals surface area (Å²) in [4.78, 5) is 22.6. The molecule has 0 radical (unpaired) electrons. The summed E-state index contributed by atoms with van der Waals surface area (Å²) in [7, 11) is 0. The van der Waals surface area contributed by atoms with Gasteiger partial charge in [-0.1, -0.05) is 13.2 Å². The first-order chi connectivity index (χ1) is 13.3. The number of amides is 2. The Morgan fingerprint density at radius 2 is 2.00 bits per heavy atom. The van der Waals surface area contributed by atoms with Crippen molar-refractivity contribution < 1.29 is 28.2 Å². The molecule has 0 heterocycles. The molecule has 8 heteroatoms. The molecule has 0 saturated carbocycles. The lowest BCUT2D eigenvalue weighted by molar-refractivity contribution is -0.116. The maximum absolute atomic E-state index is 13.3. The number of hydrogen-bond donors (Lipinski definition) is 2. The van der Waals surface area contributed by atoms with Gasteiger partial charge in [-0.3, -0.25) is 4.79 Å². The maximum atomic E-state index is 13.3. The van der Waals surface area contributed by atoms with E-state index in [9.17, 15) is 14.0 Å². The number of ether oxygens (including phenoxy) is 3. The van der Waals surface area contributed by atoms with Crippen molar-refractivity contribution in [3.8, 4) is 5.75 Å². The maximum Gasteiger partial charge on any atom is 0.407 e. The Balaban J connectivity index is 2.16. The average Bonchev–Trinajstić information content (AvgIpc) is 2.65. The Morgan fingerprint density at radius 1 is 1.25 bits per heavy atom. The van der Waals surface area contributed by atoms with Crippen molar-refractivity contribution >= 4 is 17.6 Å². The van der Waals surface area contributed by atoms with Crippen LogP contribution in [0.25, 0.3) is 5.57 Å². The molecule has 1 unspecified atom stereocenters. The third kappa shape index (κ3) is 9.18. The Bertz CT molecular complexity index is 693. The number of nitrogens with one attached hydrogen (secondary N) is 2. The Hall–Kier alpha value is -2.87. The van der Waals surface area contributed by atoms with Gasteiger partial charge in [-0.15, -0.1) is 0 Å². The molecule has 28 heavy (non-hydrogen) atoms. The summed E-state index contributed by atoms with van der Waals surface area (Å²) in [6.45, 7) is 11.8. The van der Waals surface area contributed by atoms with Crippen LogP contribution < -0.4 is 15.4 Å². The van der Waals surface area contributed by atoms with Gasteiger partial charge in [0.15, 0.2) is 0 Å². The number of allylic oxidation sites excluding steroid dienone is 1. The summed E-state index contributed by atoms with van der Waals surface area (Å²) in [6, 6.07) is 4.28. The van der Waals surface area contributed by atoms with E-state index in [0.29, 0.717) is 5.75 Å². The largest absolute Gasteiger partial charge is 0.490 e. The molecule has 0 aliphatic carbocycles. The Kier molecular flexibility index (Phi) is 10.3. The highest BCUT2D eigenvalue weighted by atomic mass is 19.1. The number of hydrogen-bond acceptors (Lipinski definition) is 5. The standard InChI is InChI=1S/C20H27FN2O5/c1-5-19(24)23-13-15(4)28-20(25)22-8-9-26-10-11-27-18-12-16(21)6-7-17(18)14(2)3/h5-7,12,15H,1-2,8-11,13H2,3-4H3,(H,22,25)(H,23,24). The Morgan fingerprint density at radius 3 is 2.68 bits per heavy atom. The minimum absolute atomic E-state index is 0.193. The first kappa shape index (κ1) is 23.2. The van der Waals surface area contributed by atoms with Gasteiger partial charge in [0, 0.05) is 18.2 Å². The van der Waals surface area contributed by atoms with Gasteiger partial charge in [0.05, 0.1) is 19.8 Å². The molecule has 1 aromatic rings. The molecule has 2 N–H and O–H groups in total. The molecule has 1 rings (SSSR count). The van der Waals surface area contributed by atoms with Crippen LogP contribution >= 0.6 is 0 Å². The van der Waals surface area contributed by atoms with Crippen LogP contribution in [0.2, 0.25) is 0 Å². The van der Waals surface area contributed by atoms with Crippen molar-refractivity contribution in [3.63, 3.8) is 0 Å². The fourth-order valence-electron chi connectivity index (χ4n) is 2.09. The van der Waals surface area contributed by atoms with Crippen molar-refractivity contribution in [1.29, 1.82) is 0 Å². The highest BCUT2D eigenvalue weighted by Crippen LogP contribution is 2.25. The van der Waals surface area contributed by atoms with Crippen molar-refractivity contribution in [2.45, 2.75) is 20.0 Å². The van der Waals surface area contributed by atoms with Gasteiger partial charge in [-0.25, -0.2) is 9.18 Å². The van der Waals surface area contributed by atoms with Crippen molar-refractivity contribution in [3.05, 3.63) is 48.8 Å². The minimum Gasteiger partial charge on any atom is -0.490 e. The molecule has 0 fully saturated rings. The topological polar surface area (TPSA) is 85.9 Å².